The maximum Gasteiger partial charge on any atom is 0.225 e. The summed E-state index contributed by atoms with van der Waals surface area (Å²) in [6.45, 7) is 9.65. The van der Waals surface area contributed by atoms with Crippen molar-refractivity contribution in [3.63, 3.8) is 0 Å². The van der Waals surface area contributed by atoms with Crippen LogP contribution >= 0.6 is 0 Å². The minimum absolute atomic E-state index is 0.00719. The van der Waals surface area contributed by atoms with Gasteiger partial charge in [-0.3, -0.25) is 9.59 Å². The minimum atomic E-state index is -0.312. The molecule has 1 atom stereocenters. The number of carbonyl (C=O) groups excluding carboxylic acids is 2. The number of benzene rings is 1. The van der Waals surface area contributed by atoms with Crippen LogP contribution in [0.3, 0.4) is 0 Å². The quantitative estimate of drug-likeness (QED) is 0.837. The van der Waals surface area contributed by atoms with Gasteiger partial charge in [-0.1, -0.05) is 45.9 Å². The molecule has 1 N–H and O–H groups in total. The van der Waals surface area contributed by atoms with E-state index in [0.29, 0.717) is 24.9 Å². The molecule has 154 valence electrons. The number of hydrogen-bond acceptors (Lipinski definition) is 2. The number of halogens is 1. The maximum absolute atomic E-state index is 14.0. The Hall–Kier alpha value is -1.91. The molecule has 1 heterocycles. The Kier molecular flexibility index (Phi) is 5.83. The first kappa shape index (κ1) is 20.8. The molecule has 1 saturated heterocycles. The summed E-state index contributed by atoms with van der Waals surface area (Å²) in [6.07, 6.45) is 4.02. The van der Waals surface area contributed by atoms with Crippen LogP contribution in [0.2, 0.25) is 0 Å². The van der Waals surface area contributed by atoms with E-state index in [1.807, 2.05) is 0 Å². The Morgan fingerprint density at radius 3 is 2.46 bits per heavy atom. The largest absolute Gasteiger partial charge is 0.353 e. The van der Waals surface area contributed by atoms with Crippen LogP contribution in [0.25, 0.3) is 0 Å². The molecule has 0 unspecified atom stereocenters. The third-order valence-electron chi connectivity index (χ3n) is 6.09. The number of nitrogens with zero attached hydrogens (tertiary/aromatic N) is 1. The average Bonchev–Trinajstić information content (AvgIpc) is 2.55. The van der Waals surface area contributed by atoms with E-state index in [0.717, 1.165) is 19.3 Å². The fraction of sp³-hybridized carbons (Fsp3) is 0.652. The number of carbonyl (C=O) groups is 2. The van der Waals surface area contributed by atoms with Crippen LogP contribution in [-0.2, 0) is 16.1 Å². The molecular weight excluding hydrogens is 355 g/mol. The van der Waals surface area contributed by atoms with E-state index in [1.54, 1.807) is 23.1 Å². The van der Waals surface area contributed by atoms with Gasteiger partial charge in [-0.05, 0) is 42.6 Å². The molecule has 1 aliphatic carbocycles. The smallest absolute Gasteiger partial charge is 0.225 e. The van der Waals surface area contributed by atoms with Crippen molar-refractivity contribution in [2.24, 2.45) is 16.7 Å². The first-order valence-corrected chi connectivity index (χ1v) is 10.4. The lowest BCUT2D eigenvalue weighted by Gasteiger charge is -2.45. The zero-order valence-corrected chi connectivity index (χ0v) is 17.6. The Bertz CT molecular complexity index is 728. The maximum atomic E-state index is 14.0. The van der Waals surface area contributed by atoms with Crippen LogP contribution in [-0.4, -0.2) is 29.3 Å². The zero-order chi connectivity index (χ0) is 20.5. The van der Waals surface area contributed by atoms with Crippen molar-refractivity contribution in [3.8, 4) is 0 Å². The third-order valence-corrected chi connectivity index (χ3v) is 6.09. The summed E-state index contributed by atoms with van der Waals surface area (Å²) < 4.78 is 14.0. The molecule has 0 radical (unpaired) electrons. The lowest BCUT2D eigenvalue weighted by Crippen LogP contribution is -2.51. The number of amides is 2. The second-order valence-electron chi connectivity index (χ2n) is 10.2. The van der Waals surface area contributed by atoms with E-state index >= 15 is 0 Å². The first-order valence-electron chi connectivity index (χ1n) is 10.4. The molecule has 0 bridgehead atoms. The molecule has 5 heteroatoms. The highest BCUT2D eigenvalue weighted by Gasteiger charge is 2.40. The van der Waals surface area contributed by atoms with E-state index in [4.69, 9.17) is 0 Å². The van der Waals surface area contributed by atoms with Gasteiger partial charge in [0, 0.05) is 31.1 Å². The van der Waals surface area contributed by atoms with Gasteiger partial charge in [0.15, 0.2) is 0 Å². The van der Waals surface area contributed by atoms with Crippen molar-refractivity contribution in [1.29, 1.82) is 0 Å². The third kappa shape index (κ3) is 5.12. The Morgan fingerprint density at radius 1 is 1.18 bits per heavy atom. The van der Waals surface area contributed by atoms with E-state index in [2.05, 4.69) is 33.0 Å². The summed E-state index contributed by atoms with van der Waals surface area (Å²) in [4.78, 5) is 26.9. The van der Waals surface area contributed by atoms with Crippen molar-refractivity contribution in [2.45, 2.75) is 72.4 Å². The average molecular weight is 389 g/mol. The second-order valence-corrected chi connectivity index (χ2v) is 10.2. The molecule has 3 rings (SSSR count). The zero-order valence-electron chi connectivity index (χ0n) is 17.6. The summed E-state index contributed by atoms with van der Waals surface area (Å²) in [7, 11) is 0. The van der Waals surface area contributed by atoms with Gasteiger partial charge in [0.25, 0.3) is 0 Å². The lowest BCUT2D eigenvalue weighted by molar-refractivity contribution is -0.139. The van der Waals surface area contributed by atoms with Crippen LogP contribution in [0.4, 0.5) is 4.39 Å². The van der Waals surface area contributed by atoms with Gasteiger partial charge in [0.2, 0.25) is 11.8 Å². The highest BCUT2D eigenvalue weighted by atomic mass is 19.1. The van der Waals surface area contributed by atoms with Crippen molar-refractivity contribution >= 4 is 11.8 Å². The van der Waals surface area contributed by atoms with Crippen molar-refractivity contribution < 1.29 is 14.0 Å². The number of rotatable bonds is 4. The van der Waals surface area contributed by atoms with Crippen molar-refractivity contribution in [2.75, 3.05) is 6.54 Å². The van der Waals surface area contributed by atoms with Crippen molar-refractivity contribution in [3.05, 3.63) is 35.6 Å². The Labute approximate surface area is 167 Å². The summed E-state index contributed by atoms with van der Waals surface area (Å²) in [5.74, 6) is -0.511. The van der Waals surface area contributed by atoms with Gasteiger partial charge in [0.05, 0.1) is 5.92 Å². The van der Waals surface area contributed by atoms with Crippen LogP contribution < -0.4 is 5.32 Å². The summed E-state index contributed by atoms with van der Waals surface area (Å²) in [6, 6.07) is 6.67. The standard InChI is InChI=1S/C23H33FN2O2/c1-22(2)11-18(12-23(3,4)15-22)25-21(28)17-9-10-20(27)26(14-17)13-16-7-5-6-8-19(16)24/h5-8,17-18H,9-15H2,1-4H3,(H,25,28)/t17-/m0/s1. The van der Waals surface area contributed by atoms with Gasteiger partial charge in [-0.2, -0.15) is 0 Å². The van der Waals surface area contributed by atoms with Crippen LogP contribution in [0, 0.1) is 22.6 Å². The number of hydrogen-bond donors (Lipinski definition) is 1. The molecule has 2 aliphatic rings. The van der Waals surface area contributed by atoms with Crippen molar-refractivity contribution in [1.82, 2.24) is 10.2 Å². The van der Waals surface area contributed by atoms with Crippen LogP contribution in [0.1, 0.15) is 65.4 Å². The fourth-order valence-electron chi connectivity index (χ4n) is 5.38. The molecule has 0 aromatic heterocycles. The van der Waals surface area contributed by atoms with E-state index < -0.39 is 0 Å². The highest BCUT2D eigenvalue weighted by molar-refractivity contribution is 5.84. The lowest BCUT2D eigenvalue weighted by atomic mass is 9.63. The van der Waals surface area contributed by atoms with Gasteiger partial charge in [-0.15, -0.1) is 0 Å². The number of nitrogens with one attached hydrogen (secondary N) is 1. The Morgan fingerprint density at radius 2 is 1.82 bits per heavy atom. The minimum Gasteiger partial charge on any atom is -0.353 e. The normalized spacial score (nSPS) is 24.8. The fourth-order valence-corrected chi connectivity index (χ4v) is 5.38. The molecular formula is C23H33FN2O2. The molecule has 28 heavy (non-hydrogen) atoms. The molecule has 0 spiro atoms. The van der Waals surface area contributed by atoms with Crippen LogP contribution in [0.15, 0.2) is 24.3 Å². The molecule has 1 aromatic rings. The predicted octanol–water partition coefficient (Wildman–Crippen LogP) is 4.29. The summed E-state index contributed by atoms with van der Waals surface area (Å²) >= 11 is 0. The van der Waals surface area contributed by atoms with Gasteiger partial charge in [-0.25, -0.2) is 4.39 Å². The second kappa shape index (κ2) is 7.84. The topological polar surface area (TPSA) is 49.4 Å². The van der Waals surface area contributed by atoms with Gasteiger partial charge < -0.3 is 10.2 Å². The van der Waals surface area contributed by atoms with E-state index in [1.165, 1.54) is 6.07 Å². The number of likely N-dealkylation sites (tertiary alicyclic amines) is 1. The SMILES string of the molecule is CC1(C)CC(NC(=O)[C@H]2CCC(=O)N(Cc3ccccc3F)C2)CC(C)(C)C1. The first-order chi connectivity index (χ1) is 13.0. The Balaban J connectivity index is 1.62. The van der Waals surface area contributed by atoms with Crippen LogP contribution in [0.5, 0.6) is 0 Å². The van der Waals surface area contributed by atoms with E-state index in [9.17, 15) is 14.0 Å². The number of piperidine rings is 1. The molecule has 2 fully saturated rings. The van der Waals surface area contributed by atoms with Gasteiger partial charge >= 0.3 is 0 Å². The molecule has 2 amide bonds. The highest BCUT2D eigenvalue weighted by Crippen LogP contribution is 2.45. The molecule has 4 nitrogen and oxygen atoms in total. The van der Waals surface area contributed by atoms with Gasteiger partial charge in [0.1, 0.15) is 5.82 Å². The summed E-state index contributed by atoms with van der Waals surface area (Å²) in [5.41, 5.74) is 0.908. The molecule has 1 aliphatic heterocycles. The molecule has 1 aromatic carbocycles. The van der Waals surface area contributed by atoms with E-state index in [-0.39, 0.29) is 47.0 Å². The predicted molar refractivity (Wildman–Crippen MR) is 108 cm³/mol. The summed E-state index contributed by atoms with van der Waals surface area (Å²) in [5, 5.41) is 3.26. The monoisotopic (exact) mass is 388 g/mol. The molecule has 1 saturated carbocycles.